The number of rotatable bonds is 12. The zero-order valence-electron chi connectivity index (χ0n) is 16.5. The number of aliphatic carboxylic acids is 2. The SMILES string of the molecule is O=C(O)CC[C@@H](NC(=O)CCCCOc1ccc(/C=C2\SC(=O)NC2=O)cc1)C(=O)O. The summed E-state index contributed by atoms with van der Waals surface area (Å²) in [5.41, 5.74) is 0.743. The summed E-state index contributed by atoms with van der Waals surface area (Å²) in [5.74, 6) is -2.67. The summed E-state index contributed by atoms with van der Waals surface area (Å²) >= 11 is 0.842. The summed E-state index contributed by atoms with van der Waals surface area (Å²) in [4.78, 5) is 56.5. The molecule has 0 aromatic heterocycles. The smallest absolute Gasteiger partial charge is 0.326 e. The molecule has 1 aromatic carbocycles. The van der Waals surface area contributed by atoms with E-state index in [1.165, 1.54) is 0 Å². The predicted octanol–water partition coefficient (Wildman–Crippen LogP) is 1.99. The van der Waals surface area contributed by atoms with Gasteiger partial charge in [0.15, 0.2) is 0 Å². The fourth-order valence-electron chi connectivity index (χ4n) is 2.60. The van der Waals surface area contributed by atoms with Gasteiger partial charge in [0.1, 0.15) is 11.8 Å². The lowest BCUT2D eigenvalue weighted by Crippen LogP contribution is -2.41. The van der Waals surface area contributed by atoms with Crippen LogP contribution in [0.2, 0.25) is 0 Å². The van der Waals surface area contributed by atoms with Gasteiger partial charge in [-0.15, -0.1) is 0 Å². The van der Waals surface area contributed by atoms with Gasteiger partial charge in [0.2, 0.25) is 5.91 Å². The molecule has 1 atom stereocenters. The summed E-state index contributed by atoms with van der Waals surface area (Å²) < 4.78 is 5.58. The minimum absolute atomic E-state index is 0.102. The second-order valence-electron chi connectivity index (χ2n) is 6.62. The number of nitrogens with one attached hydrogen (secondary N) is 2. The molecule has 2 rings (SSSR count). The van der Waals surface area contributed by atoms with Gasteiger partial charge in [-0.1, -0.05) is 12.1 Å². The van der Waals surface area contributed by atoms with Crippen molar-refractivity contribution in [1.29, 1.82) is 0 Å². The van der Waals surface area contributed by atoms with Gasteiger partial charge in [-0.05, 0) is 54.8 Å². The van der Waals surface area contributed by atoms with Crippen molar-refractivity contribution in [3.8, 4) is 5.75 Å². The van der Waals surface area contributed by atoms with Crippen molar-refractivity contribution in [3.63, 3.8) is 0 Å². The highest BCUT2D eigenvalue weighted by Crippen LogP contribution is 2.26. The van der Waals surface area contributed by atoms with Crippen LogP contribution in [-0.4, -0.2) is 51.9 Å². The molecule has 166 valence electrons. The van der Waals surface area contributed by atoms with E-state index in [9.17, 15) is 24.0 Å². The van der Waals surface area contributed by atoms with Crippen LogP contribution in [0.4, 0.5) is 4.79 Å². The summed E-state index contributed by atoms with van der Waals surface area (Å²) in [7, 11) is 0. The third-order valence-corrected chi connectivity index (χ3v) is 4.98. The van der Waals surface area contributed by atoms with E-state index in [4.69, 9.17) is 14.9 Å². The van der Waals surface area contributed by atoms with E-state index >= 15 is 0 Å². The molecule has 0 saturated carbocycles. The Hall–Kier alpha value is -3.34. The highest BCUT2D eigenvalue weighted by molar-refractivity contribution is 8.18. The number of thioether (sulfide) groups is 1. The Kier molecular flexibility index (Phi) is 9.07. The van der Waals surface area contributed by atoms with Gasteiger partial charge in [0.05, 0.1) is 11.5 Å². The number of carboxylic acid groups (broad SMARTS) is 2. The normalized spacial score (nSPS) is 15.4. The van der Waals surface area contributed by atoms with E-state index < -0.39 is 35.0 Å². The lowest BCUT2D eigenvalue weighted by molar-refractivity contribution is -0.143. The minimum atomic E-state index is -1.27. The number of hydrogen-bond donors (Lipinski definition) is 4. The Morgan fingerprint density at radius 3 is 2.39 bits per heavy atom. The quantitative estimate of drug-likeness (QED) is 0.276. The van der Waals surface area contributed by atoms with E-state index in [2.05, 4.69) is 10.6 Å². The Balaban J connectivity index is 1.68. The lowest BCUT2D eigenvalue weighted by Gasteiger charge is -2.13. The van der Waals surface area contributed by atoms with Gasteiger partial charge >= 0.3 is 11.9 Å². The average Bonchev–Trinajstić information content (AvgIpc) is 3.02. The molecule has 0 radical (unpaired) electrons. The standard InChI is InChI=1S/C20H22N2O8S/c23-16(21-14(19(27)28)8-9-17(24)25)3-1-2-10-30-13-6-4-12(5-7-13)11-15-18(26)22-20(29)31-15/h4-7,11,14H,1-3,8-10H2,(H,21,23)(H,24,25)(H,27,28)(H,22,26,29)/b15-11-/t14-/m1/s1. The monoisotopic (exact) mass is 450 g/mol. The molecule has 4 N–H and O–H groups in total. The highest BCUT2D eigenvalue weighted by atomic mass is 32.2. The third-order valence-electron chi connectivity index (χ3n) is 4.17. The third kappa shape index (κ3) is 8.51. The van der Waals surface area contributed by atoms with Crippen LogP contribution in [0.1, 0.15) is 37.7 Å². The predicted molar refractivity (Wildman–Crippen MR) is 111 cm³/mol. The topological polar surface area (TPSA) is 159 Å². The number of unbranched alkanes of at least 4 members (excludes halogenated alkanes) is 1. The zero-order chi connectivity index (χ0) is 22.8. The first-order valence-electron chi connectivity index (χ1n) is 9.46. The number of amides is 3. The van der Waals surface area contributed by atoms with Crippen LogP contribution in [0.15, 0.2) is 29.2 Å². The average molecular weight is 450 g/mol. The van der Waals surface area contributed by atoms with Crippen LogP contribution < -0.4 is 15.4 Å². The molecular formula is C20H22N2O8S. The first-order valence-corrected chi connectivity index (χ1v) is 10.3. The molecule has 1 aliphatic rings. The van der Waals surface area contributed by atoms with E-state index in [0.717, 1.165) is 17.3 Å². The number of ether oxygens (including phenoxy) is 1. The zero-order valence-corrected chi connectivity index (χ0v) is 17.3. The highest BCUT2D eigenvalue weighted by Gasteiger charge is 2.24. The molecule has 1 aromatic rings. The molecule has 1 fully saturated rings. The Labute approximate surface area is 182 Å². The van der Waals surface area contributed by atoms with Gasteiger partial charge in [-0.3, -0.25) is 24.5 Å². The number of hydrogen-bond acceptors (Lipinski definition) is 7. The number of carbonyl (C=O) groups excluding carboxylic acids is 3. The Morgan fingerprint density at radius 2 is 1.81 bits per heavy atom. The number of imide groups is 1. The van der Waals surface area contributed by atoms with Crippen LogP contribution in [0.3, 0.4) is 0 Å². The Bertz CT molecular complexity index is 882. The molecule has 10 nitrogen and oxygen atoms in total. The van der Waals surface area contributed by atoms with Crippen LogP contribution in [0, 0.1) is 0 Å². The first kappa shape index (κ1) is 23.9. The van der Waals surface area contributed by atoms with E-state index in [0.29, 0.717) is 30.1 Å². The van der Waals surface area contributed by atoms with Crippen LogP contribution in [0.25, 0.3) is 6.08 Å². The van der Waals surface area contributed by atoms with Gasteiger partial charge in [-0.2, -0.15) is 0 Å². The molecule has 0 unspecified atom stereocenters. The van der Waals surface area contributed by atoms with Crippen LogP contribution in [-0.2, 0) is 19.2 Å². The first-order chi connectivity index (χ1) is 14.7. The van der Waals surface area contributed by atoms with Gasteiger partial charge < -0.3 is 20.3 Å². The molecule has 11 heteroatoms. The Morgan fingerprint density at radius 1 is 1.10 bits per heavy atom. The van der Waals surface area contributed by atoms with Gasteiger partial charge in [0, 0.05) is 12.8 Å². The van der Waals surface area contributed by atoms with Gasteiger partial charge in [-0.25, -0.2) is 4.79 Å². The van der Waals surface area contributed by atoms with Crippen molar-refractivity contribution in [3.05, 3.63) is 34.7 Å². The fraction of sp³-hybridized carbons (Fsp3) is 0.350. The maximum absolute atomic E-state index is 11.8. The molecule has 3 amide bonds. The van der Waals surface area contributed by atoms with Crippen molar-refractivity contribution in [1.82, 2.24) is 10.6 Å². The summed E-state index contributed by atoms with van der Waals surface area (Å²) in [5, 5.41) is 21.8. The van der Waals surface area contributed by atoms with Crippen molar-refractivity contribution in [2.45, 2.75) is 38.1 Å². The van der Waals surface area contributed by atoms with E-state index in [-0.39, 0.29) is 19.3 Å². The molecular weight excluding hydrogens is 428 g/mol. The van der Waals surface area contributed by atoms with Gasteiger partial charge in [0.25, 0.3) is 11.1 Å². The van der Waals surface area contributed by atoms with Crippen LogP contribution >= 0.6 is 11.8 Å². The summed E-state index contributed by atoms with van der Waals surface area (Å²) in [6.45, 7) is 0.349. The molecule has 31 heavy (non-hydrogen) atoms. The molecule has 0 bridgehead atoms. The number of carboxylic acids is 2. The summed E-state index contributed by atoms with van der Waals surface area (Å²) in [6, 6.07) is 5.71. The van der Waals surface area contributed by atoms with Crippen molar-refractivity contribution in [2.75, 3.05) is 6.61 Å². The van der Waals surface area contributed by atoms with Crippen molar-refractivity contribution >= 4 is 46.8 Å². The van der Waals surface area contributed by atoms with Crippen LogP contribution in [0.5, 0.6) is 5.75 Å². The molecule has 1 aliphatic heterocycles. The molecule has 0 spiro atoms. The maximum Gasteiger partial charge on any atom is 0.326 e. The molecule has 1 heterocycles. The number of carbonyl (C=O) groups is 5. The largest absolute Gasteiger partial charge is 0.494 e. The maximum atomic E-state index is 11.8. The second kappa shape index (κ2) is 11.7. The molecule has 0 aliphatic carbocycles. The minimum Gasteiger partial charge on any atom is -0.494 e. The van der Waals surface area contributed by atoms with Crippen molar-refractivity contribution in [2.24, 2.45) is 0 Å². The summed E-state index contributed by atoms with van der Waals surface area (Å²) in [6.07, 6.45) is 2.23. The number of benzene rings is 1. The van der Waals surface area contributed by atoms with E-state index in [1.54, 1.807) is 30.3 Å². The fourth-order valence-corrected chi connectivity index (χ4v) is 3.28. The molecule has 1 saturated heterocycles. The van der Waals surface area contributed by atoms with E-state index in [1.807, 2.05) is 0 Å². The lowest BCUT2D eigenvalue weighted by atomic mass is 10.1. The second-order valence-corrected chi connectivity index (χ2v) is 7.63. The van der Waals surface area contributed by atoms with Crippen molar-refractivity contribution < 1.29 is 38.9 Å².